The third-order valence-corrected chi connectivity index (χ3v) is 3.19. The highest BCUT2D eigenvalue weighted by molar-refractivity contribution is 9.11. The maximum Gasteiger partial charge on any atom is 0.125 e. The lowest BCUT2D eigenvalue weighted by Crippen LogP contribution is -1.77. The summed E-state index contributed by atoms with van der Waals surface area (Å²) in [6, 6.07) is 10.5. The Bertz CT molecular complexity index is 553. The van der Waals surface area contributed by atoms with Gasteiger partial charge in [-0.3, -0.25) is 0 Å². The van der Waals surface area contributed by atoms with Gasteiger partial charge < -0.3 is 0 Å². The molecule has 0 aliphatic heterocycles. The van der Waals surface area contributed by atoms with Crippen LogP contribution in [0.25, 0.3) is 0 Å². The van der Waals surface area contributed by atoms with Crippen LogP contribution in [-0.4, -0.2) is 0 Å². The molecule has 2 aromatic carbocycles. The molecule has 2 aromatic rings. The normalized spacial score (nSPS) is 9.26. The summed E-state index contributed by atoms with van der Waals surface area (Å²) >= 11 is 9.35. The standard InChI is InChI=1S/C7H3BrFN.C6H3Br2F/c8-6-1-5(4-10)2-7(9)3-6;7-4-1-5(8)3-6(9)2-4/h1-3H;1-3H. The van der Waals surface area contributed by atoms with E-state index in [2.05, 4.69) is 47.8 Å². The van der Waals surface area contributed by atoms with E-state index in [0.717, 1.165) is 8.95 Å². The molecule has 0 atom stereocenters. The average Bonchev–Trinajstić information content (AvgIpc) is 2.26. The summed E-state index contributed by atoms with van der Waals surface area (Å²) in [7, 11) is 0. The Morgan fingerprint density at radius 2 is 1.16 bits per heavy atom. The molecular weight excluding hydrogens is 448 g/mol. The highest BCUT2D eigenvalue weighted by atomic mass is 79.9. The van der Waals surface area contributed by atoms with Crippen molar-refractivity contribution in [3.8, 4) is 6.07 Å². The van der Waals surface area contributed by atoms with Crippen LogP contribution in [0.1, 0.15) is 5.56 Å². The first-order valence-corrected chi connectivity index (χ1v) is 7.26. The van der Waals surface area contributed by atoms with Gasteiger partial charge in [0.1, 0.15) is 11.6 Å². The average molecular weight is 454 g/mol. The number of hydrogen-bond donors (Lipinski definition) is 0. The largest absolute Gasteiger partial charge is 0.207 e. The predicted molar refractivity (Wildman–Crippen MR) is 80.6 cm³/mol. The molecule has 0 spiro atoms. The molecule has 19 heavy (non-hydrogen) atoms. The number of rotatable bonds is 0. The van der Waals surface area contributed by atoms with E-state index in [0.29, 0.717) is 10.0 Å². The molecule has 2 rings (SSSR count). The van der Waals surface area contributed by atoms with Gasteiger partial charge in [-0.2, -0.15) is 5.26 Å². The molecule has 98 valence electrons. The van der Waals surface area contributed by atoms with Crippen LogP contribution in [-0.2, 0) is 0 Å². The Labute approximate surface area is 134 Å². The van der Waals surface area contributed by atoms with Crippen molar-refractivity contribution in [1.82, 2.24) is 0 Å². The number of benzene rings is 2. The second kappa shape index (κ2) is 7.73. The van der Waals surface area contributed by atoms with Gasteiger partial charge >= 0.3 is 0 Å². The molecule has 0 aliphatic rings. The second-order valence-electron chi connectivity index (χ2n) is 3.36. The summed E-state index contributed by atoms with van der Waals surface area (Å²) < 4.78 is 26.9. The second-order valence-corrected chi connectivity index (χ2v) is 6.10. The molecule has 0 aromatic heterocycles. The van der Waals surface area contributed by atoms with E-state index in [1.165, 1.54) is 24.3 Å². The lowest BCUT2D eigenvalue weighted by atomic mass is 10.2. The molecule has 0 radical (unpaired) electrons. The number of nitrogens with zero attached hydrogens (tertiary/aromatic N) is 1. The van der Waals surface area contributed by atoms with E-state index < -0.39 is 5.82 Å². The van der Waals surface area contributed by atoms with Crippen LogP contribution < -0.4 is 0 Å². The zero-order valence-corrected chi connectivity index (χ0v) is 14.1. The molecule has 0 fully saturated rings. The van der Waals surface area contributed by atoms with Crippen molar-refractivity contribution in [3.05, 3.63) is 67.0 Å². The van der Waals surface area contributed by atoms with Crippen LogP contribution in [0.15, 0.2) is 49.8 Å². The van der Waals surface area contributed by atoms with Gasteiger partial charge in [-0.1, -0.05) is 47.8 Å². The molecule has 0 amide bonds. The van der Waals surface area contributed by atoms with Crippen LogP contribution in [0.2, 0.25) is 0 Å². The molecule has 0 N–H and O–H groups in total. The molecule has 0 unspecified atom stereocenters. The highest BCUT2D eigenvalue weighted by Gasteiger charge is 1.96. The van der Waals surface area contributed by atoms with Gasteiger partial charge in [0.25, 0.3) is 0 Å². The van der Waals surface area contributed by atoms with Crippen LogP contribution in [0.3, 0.4) is 0 Å². The van der Waals surface area contributed by atoms with E-state index in [4.69, 9.17) is 5.26 Å². The van der Waals surface area contributed by atoms with Crippen LogP contribution >= 0.6 is 47.8 Å². The highest BCUT2D eigenvalue weighted by Crippen LogP contribution is 2.18. The Morgan fingerprint density at radius 3 is 1.53 bits per heavy atom. The number of nitriles is 1. The van der Waals surface area contributed by atoms with Gasteiger partial charge in [-0.05, 0) is 36.4 Å². The minimum absolute atomic E-state index is 0.240. The summed E-state index contributed by atoms with van der Waals surface area (Å²) in [5.41, 5.74) is 0.326. The lowest BCUT2D eigenvalue weighted by Gasteiger charge is -1.91. The molecule has 6 heteroatoms. The first-order valence-electron chi connectivity index (χ1n) is 4.88. The van der Waals surface area contributed by atoms with Crippen molar-refractivity contribution in [2.75, 3.05) is 0 Å². The van der Waals surface area contributed by atoms with Crippen LogP contribution in [0.4, 0.5) is 8.78 Å². The summed E-state index contributed by atoms with van der Waals surface area (Å²) in [5, 5.41) is 8.35. The van der Waals surface area contributed by atoms with Crippen LogP contribution in [0, 0.1) is 23.0 Å². The van der Waals surface area contributed by atoms with Crippen molar-refractivity contribution in [2.24, 2.45) is 0 Å². The predicted octanol–water partition coefficient (Wildman–Crippen LogP) is 5.81. The van der Waals surface area contributed by atoms with Crippen molar-refractivity contribution >= 4 is 47.8 Å². The zero-order valence-electron chi connectivity index (χ0n) is 9.30. The number of hydrogen-bond acceptors (Lipinski definition) is 1. The SMILES string of the molecule is Fc1cc(Br)cc(Br)c1.N#Cc1cc(F)cc(Br)c1. The molecule has 0 saturated carbocycles. The van der Waals surface area contributed by atoms with Gasteiger partial charge in [-0.15, -0.1) is 0 Å². The van der Waals surface area contributed by atoms with E-state index in [9.17, 15) is 8.78 Å². The van der Waals surface area contributed by atoms with Gasteiger partial charge in [0, 0.05) is 13.4 Å². The third-order valence-electron chi connectivity index (χ3n) is 1.82. The fraction of sp³-hybridized carbons (Fsp3) is 0. The Morgan fingerprint density at radius 1 is 0.737 bits per heavy atom. The van der Waals surface area contributed by atoms with Gasteiger partial charge in [-0.25, -0.2) is 8.78 Å². The topological polar surface area (TPSA) is 23.8 Å². The third kappa shape index (κ3) is 6.28. The van der Waals surface area contributed by atoms with E-state index in [1.807, 2.05) is 6.07 Å². The first kappa shape index (κ1) is 16.3. The smallest absolute Gasteiger partial charge is 0.125 e. The molecule has 0 saturated heterocycles. The molecular formula is C13H6Br3F2N. The Kier molecular flexibility index (Phi) is 6.63. The minimum Gasteiger partial charge on any atom is -0.207 e. The van der Waals surface area contributed by atoms with Crippen molar-refractivity contribution < 1.29 is 8.78 Å². The maximum absolute atomic E-state index is 12.4. The molecule has 1 nitrogen and oxygen atoms in total. The lowest BCUT2D eigenvalue weighted by molar-refractivity contribution is 0.626. The minimum atomic E-state index is -0.397. The zero-order chi connectivity index (χ0) is 14.4. The van der Waals surface area contributed by atoms with Crippen molar-refractivity contribution in [1.29, 1.82) is 5.26 Å². The summed E-state index contributed by atoms with van der Waals surface area (Å²) in [6.45, 7) is 0. The van der Waals surface area contributed by atoms with Gasteiger partial charge in [0.2, 0.25) is 0 Å². The van der Waals surface area contributed by atoms with Crippen LogP contribution in [0.5, 0.6) is 0 Å². The molecule has 0 bridgehead atoms. The number of halogens is 5. The molecule has 0 heterocycles. The monoisotopic (exact) mass is 451 g/mol. The van der Waals surface area contributed by atoms with Gasteiger partial charge in [0.05, 0.1) is 11.6 Å². The summed E-state index contributed by atoms with van der Waals surface area (Å²) in [5.74, 6) is -0.637. The fourth-order valence-electron chi connectivity index (χ4n) is 1.14. The van der Waals surface area contributed by atoms with Gasteiger partial charge in [0.15, 0.2) is 0 Å². The van der Waals surface area contributed by atoms with E-state index in [1.54, 1.807) is 12.1 Å². The quantitative estimate of drug-likeness (QED) is 0.493. The van der Waals surface area contributed by atoms with Crippen molar-refractivity contribution in [2.45, 2.75) is 0 Å². The molecule has 0 aliphatic carbocycles. The Balaban J connectivity index is 0.000000191. The van der Waals surface area contributed by atoms with E-state index >= 15 is 0 Å². The maximum atomic E-state index is 12.4. The first-order chi connectivity index (χ1) is 8.90. The fourth-order valence-corrected chi connectivity index (χ4v) is 2.84. The summed E-state index contributed by atoms with van der Waals surface area (Å²) in [4.78, 5) is 0. The van der Waals surface area contributed by atoms with E-state index in [-0.39, 0.29) is 5.82 Å². The summed E-state index contributed by atoms with van der Waals surface area (Å²) in [6.07, 6.45) is 0. The Hall–Kier alpha value is -0.770. The van der Waals surface area contributed by atoms with Crippen molar-refractivity contribution in [3.63, 3.8) is 0 Å².